The number of anilines is 1. The standard InChI is InChI=1S/C22H26ClN3O5S/c1-16-5-2-3-7-20(16)26(15-21(27)24-13-18-6-4-12-31-18)22(28)14-25-32(29,30)19-10-8-17(23)9-11-19/h2-3,5,7-11,18,25H,4,6,12-15H2,1H3,(H,24,27)/t18-/m0/s1. The number of aryl methyl sites for hydroxylation is 1. The summed E-state index contributed by atoms with van der Waals surface area (Å²) in [6.45, 7) is 2.13. The lowest BCUT2D eigenvalue weighted by Crippen LogP contribution is -2.46. The van der Waals surface area contributed by atoms with E-state index in [0.717, 1.165) is 18.4 Å². The molecule has 10 heteroatoms. The Morgan fingerprint density at radius 2 is 1.88 bits per heavy atom. The fraction of sp³-hybridized carbons (Fsp3) is 0.364. The van der Waals surface area contributed by atoms with Crippen LogP contribution >= 0.6 is 11.6 Å². The van der Waals surface area contributed by atoms with Crippen LogP contribution in [0.25, 0.3) is 0 Å². The largest absolute Gasteiger partial charge is 0.376 e. The molecule has 0 spiro atoms. The molecule has 8 nitrogen and oxygen atoms in total. The van der Waals surface area contributed by atoms with Crippen molar-refractivity contribution in [3.63, 3.8) is 0 Å². The minimum atomic E-state index is -3.92. The number of para-hydroxylation sites is 1. The lowest BCUT2D eigenvalue weighted by atomic mass is 10.1. The summed E-state index contributed by atoms with van der Waals surface area (Å²) in [5, 5.41) is 3.20. The second kappa shape index (κ2) is 10.9. The normalized spacial score (nSPS) is 16.0. The molecule has 1 fully saturated rings. The fourth-order valence-corrected chi connectivity index (χ4v) is 4.46. The number of carbonyl (C=O) groups excluding carboxylic acids is 2. The van der Waals surface area contributed by atoms with Crippen LogP contribution in [0.15, 0.2) is 53.4 Å². The Balaban J connectivity index is 1.69. The first-order valence-corrected chi connectivity index (χ1v) is 12.1. The lowest BCUT2D eigenvalue weighted by molar-refractivity contribution is -0.123. The van der Waals surface area contributed by atoms with Crippen LogP contribution in [0.3, 0.4) is 0 Å². The van der Waals surface area contributed by atoms with Gasteiger partial charge in [-0.3, -0.25) is 9.59 Å². The van der Waals surface area contributed by atoms with E-state index in [1.807, 2.05) is 19.1 Å². The molecule has 0 radical (unpaired) electrons. The Bertz CT molecular complexity index is 1050. The summed E-state index contributed by atoms with van der Waals surface area (Å²) in [6, 6.07) is 12.7. The van der Waals surface area contributed by atoms with Gasteiger partial charge in [0, 0.05) is 23.9 Å². The molecule has 1 saturated heterocycles. The number of sulfonamides is 1. The highest BCUT2D eigenvalue weighted by Crippen LogP contribution is 2.20. The van der Waals surface area contributed by atoms with E-state index in [2.05, 4.69) is 10.0 Å². The molecular weight excluding hydrogens is 454 g/mol. The second-order valence-electron chi connectivity index (χ2n) is 7.48. The molecule has 0 saturated carbocycles. The number of hydrogen-bond donors (Lipinski definition) is 2. The van der Waals surface area contributed by atoms with Gasteiger partial charge in [0.05, 0.1) is 17.5 Å². The van der Waals surface area contributed by atoms with E-state index in [9.17, 15) is 18.0 Å². The molecule has 1 aliphatic rings. The van der Waals surface area contributed by atoms with Crippen LogP contribution in [0.2, 0.25) is 5.02 Å². The highest BCUT2D eigenvalue weighted by Gasteiger charge is 2.24. The molecule has 2 aromatic rings. The highest BCUT2D eigenvalue weighted by molar-refractivity contribution is 7.89. The number of nitrogens with zero attached hydrogens (tertiary/aromatic N) is 1. The minimum Gasteiger partial charge on any atom is -0.376 e. The van der Waals surface area contributed by atoms with Crippen LogP contribution in [0.4, 0.5) is 5.69 Å². The van der Waals surface area contributed by atoms with Crippen LogP contribution < -0.4 is 14.9 Å². The molecule has 1 heterocycles. The van der Waals surface area contributed by atoms with E-state index in [-0.39, 0.29) is 23.5 Å². The van der Waals surface area contributed by atoms with E-state index in [1.165, 1.54) is 29.2 Å². The smallest absolute Gasteiger partial charge is 0.242 e. The molecule has 1 aliphatic heterocycles. The first kappa shape index (κ1) is 24.2. The van der Waals surface area contributed by atoms with Crippen LogP contribution in [-0.4, -0.2) is 52.6 Å². The summed E-state index contributed by atoms with van der Waals surface area (Å²) >= 11 is 5.81. The highest BCUT2D eigenvalue weighted by atomic mass is 35.5. The van der Waals surface area contributed by atoms with Gasteiger partial charge in [-0.25, -0.2) is 13.1 Å². The van der Waals surface area contributed by atoms with Gasteiger partial charge < -0.3 is 15.0 Å². The summed E-state index contributed by atoms with van der Waals surface area (Å²) in [7, 11) is -3.92. The summed E-state index contributed by atoms with van der Waals surface area (Å²) in [6.07, 6.45) is 1.82. The van der Waals surface area contributed by atoms with Gasteiger partial charge in [-0.05, 0) is 55.7 Å². The zero-order chi connectivity index (χ0) is 23.1. The number of hydrogen-bond acceptors (Lipinski definition) is 5. The molecular formula is C22H26ClN3O5S. The maximum atomic E-state index is 13.0. The van der Waals surface area contributed by atoms with E-state index < -0.39 is 22.5 Å². The van der Waals surface area contributed by atoms with Gasteiger partial charge in [-0.15, -0.1) is 0 Å². The van der Waals surface area contributed by atoms with Crippen molar-refractivity contribution in [3.05, 3.63) is 59.1 Å². The molecule has 2 aromatic carbocycles. The predicted molar refractivity (Wildman–Crippen MR) is 122 cm³/mol. The Hall–Kier alpha value is -2.46. The number of carbonyl (C=O) groups is 2. The Morgan fingerprint density at radius 3 is 2.53 bits per heavy atom. The number of benzene rings is 2. The number of nitrogens with one attached hydrogen (secondary N) is 2. The first-order valence-electron chi connectivity index (χ1n) is 10.3. The molecule has 0 bridgehead atoms. The molecule has 32 heavy (non-hydrogen) atoms. The molecule has 0 aliphatic carbocycles. The van der Waals surface area contributed by atoms with Crippen molar-refractivity contribution in [2.75, 3.05) is 31.1 Å². The number of rotatable bonds is 9. The van der Waals surface area contributed by atoms with Crippen LogP contribution in [0.5, 0.6) is 0 Å². The third-order valence-corrected chi connectivity index (χ3v) is 6.77. The SMILES string of the molecule is Cc1ccccc1N(CC(=O)NC[C@@H]1CCCO1)C(=O)CNS(=O)(=O)c1ccc(Cl)cc1. The summed E-state index contributed by atoms with van der Waals surface area (Å²) in [5.41, 5.74) is 1.32. The summed E-state index contributed by atoms with van der Waals surface area (Å²) < 4.78 is 32.9. The van der Waals surface area contributed by atoms with Crippen molar-refractivity contribution in [2.24, 2.45) is 0 Å². The van der Waals surface area contributed by atoms with Gasteiger partial charge in [0.1, 0.15) is 6.54 Å². The van der Waals surface area contributed by atoms with Crippen LogP contribution in [-0.2, 0) is 24.3 Å². The second-order valence-corrected chi connectivity index (χ2v) is 9.69. The minimum absolute atomic E-state index is 0.00792. The summed E-state index contributed by atoms with van der Waals surface area (Å²) in [5.74, 6) is -0.901. The van der Waals surface area contributed by atoms with Gasteiger partial charge in [-0.1, -0.05) is 29.8 Å². The zero-order valence-electron chi connectivity index (χ0n) is 17.7. The van der Waals surface area contributed by atoms with Gasteiger partial charge >= 0.3 is 0 Å². The third-order valence-electron chi connectivity index (χ3n) is 5.10. The Labute approximate surface area is 192 Å². The van der Waals surface area contributed by atoms with E-state index in [1.54, 1.807) is 12.1 Å². The van der Waals surface area contributed by atoms with Gasteiger partial charge in [0.2, 0.25) is 21.8 Å². The van der Waals surface area contributed by atoms with Gasteiger partial charge in [0.25, 0.3) is 0 Å². The maximum Gasteiger partial charge on any atom is 0.242 e. The molecule has 3 rings (SSSR count). The molecule has 0 unspecified atom stereocenters. The van der Waals surface area contributed by atoms with E-state index >= 15 is 0 Å². The van der Waals surface area contributed by atoms with Gasteiger partial charge in [0.15, 0.2) is 0 Å². The van der Waals surface area contributed by atoms with E-state index in [0.29, 0.717) is 23.9 Å². The fourth-order valence-electron chi connectivity index (χ4n) is 3.36. The molecule has 172 valence electrons. The average Bonchev–Trinajstić information content (AvgIpc) is 3.29. The van der Waals surface area contributed by atoms with Gasteiger partial charge in [-0.2, -0.15) is 0 Å². The van der Waals surface area contributed by atoms with E-state index in [4.69, 9.17) is 16.3 Å². The number of halogens is 1. The first-order chi connectivity index (χ1) is 15.3. The monoisotopic (exact) mass is 479 g/mol. The van der Waals surface area contributed by atoms with Crippen molar-refractivity contribution in [2.45, 2.75) is 30.8 Å². The third kappa shape index (κ3) is 6.52. The quantitative estimate of drug-likeness (QED) is 0.574. The lowest BCUT2D eigenvalue weighted by Gasteiger charge is -2.24. The van der Waals surface area contributed by atoms with Crippen molar-refractivity contribution < 1.29 is 22.7 Å². The number of ether oxygens (including phenoxy) is 1. The van der Waals surface area contributed by atoms with Crippen LogP contribution in [0.1, 0.15) is 18.4 Å². The average molecular weight is 480 g/mol. The van der Waals surface area contributed by atoms with Crippen molar-refractivity contribution in [3.8, 4) is 0 Å². The molecule has 2 N–H and O–H groups in total. The predicted octanol–water partition coefficient (Wildman–Crippen LogP) is 2.26. The number of amides is 2. The van der Waals surface area contributed by atoms with Crippen molar-refractivity contribution in [1.29, 1.82) is 0 Å². The topological polar surface area (TPSA) is 105 Å². The summed E-state index contributed by atoms with van der Waals surface area (Å²) in [4.78, 5) is 26.8. The molecule has 2 amide bonds. The Kier molecular flexibility index (Phi) is 8.25. The van der Waals surface area contributed by atoms with Crippen molar-refractivity contribution >= 4 is 39.1 Å². The maximum absolute atomic E-state index is 13.0. The van der Waals surface area contributed by atoms with Crippen LogP contribution in [0, 0.1) is 6.92 Å². The Morgan fingerprint density at radius 1 is 1.16 bits per heavy atom. The van der Waals surface area contributed by atoms with Crippen molar-refractivity contribution in [1.82, 2.24) is 10.0 Å². The molecule has 1 atom stereocenters. The zero-order valence-corrected chi connectivity index (χ0v) is 19.3. The molecule has 0 aromatic heterocycles.